The second kappa shape index (κ2) is 6.71. The average Bonchev–Trinajstić information content (AvgIpc) is 2.88. The molecule has 0 spiro atoms. The maximum absolute atomic E-state index is 11.0. The van der Waals surface area contributed by atoms with Crippen molar-refractivity contribution in [2.75, 3.05) is 7.11 Å². The first-order chi connectivity index (χ1) is 9.26. The molecule has 0 N–H and O–H groups in total. The SMILES string of the molecule is CC[C@@H]1C[C@@H](OCc2ccc(OC)cc2)C[C@H]1C=O. The van der Waals surface area contributed by atoms with Crippen LogP contribution >= 0.6 is 0 Å². The van der Waals surface area contributed by atoms with Crippen molar-refractivity contribution in [3.63, 3.8) is 0 Å². The molecule has 1 aromatic rings. The summed E-state index contributed by atoms with van der Waals surface area (Å²) in [5, 5.41) is 0. The summed E-state index contributed by atoms with van der Waals surface area (Å²) in [6, 6.07) is 7.91. The van der Waals surface area contributed by atoms with E-state index in [0.717, 1.165) is 36.9 Å². The van der Waals surface area contributed by atoms with Crippen LogP contribution in [0.4, 0.5) is 0 Å². The Hall–Kier alpha value is -1.35. The summed E-state index contributed by atoms with van der Waals surface area (Å²) in [4.78, 5) is 11.0. The number of methoxy groups -OCH3 is 1. The lowest BCUT2D eigenvalue weighted by molar-refractivity contribution is -0.112. The van der Waals surface area contributed by atoms with E-state index in [4.69, 9.17) is 9.47 Å². The maximum atomic E-state index is 11.0. The van der Waals surface area contributed by atoms with Gasteiger partial charge in [0, 0.05) is 5.92 Å². The Labute approximate surface area is 114 Å². The Bertz CT molecular complexity index is 399. The number of aldehydes is 1. The first-order valence-electron chi connectivity index (χ1n) is 6.96. The largest absolute Gasteiger partial charge is 0.497 e. The molecule has 3 atom stereocenters. The van der Waals surface area contributed by atoms with Crippen LogP contribution in [0.5, 0.6) is 5.75 Å². The molecule has 1 fully saturated rings. The number of ether oxygens (including phenoxy) is 2. The van der Waals surface area contributed by atoms with Gasteiger partial charge in [-0.15, -0.1) is 0 Å². The molecule has 0 aromatic heterocycles. The predicted molar refractivity (Wildman–Crippen MR) is 74.1 cm³/mol. The smallest absolute Gasteiger partial charge is 0.123 e. The molecule has 2 rings (SSSR count). The van der Waals surface area contributed by atoms with E-state index in [-0.39, 0.29) is 12.0 Å². The third kappa shape index (κ3) is 3.57. The lowest BCUT2D eigenvalue weighted by atomic mass is 9.95. The molecule has 3 heteroatoms. The number of rotatable bonds is 6. The Balaban J connectivity index is 1.83. The molecule has 0 unspecified atom stereocenters. The van der Waals surface area contributed by atoms with Gasteiger partial charge in [0.2, 0.25) is 0 Å². The van der Waals surface area contributed by atoms with E-state index in [1.54, 1.807) is 7.11 Å². The molecule has 0 aliphatic heterocycles. The number of hydrogen-bond acceptors (Lipinski definition) is 3. The van der Waals surface area contributed by atoms with Gasteiger partial charge in [-0.2, -0.15) is 0 Å². The standard InChI is InChI=1S/C16H22O3/c1-3-13-8-16(9-14(13)10-17)19-11-12-4-6-15(18-2)7-5-12/h4-7,10,13-14,16H,3,8-9,11H2,1-2H3/t13-,14+,16-/m1/s1. The molecular formula is C16H22O3. The molecule has 1 saturated carbocycles. The Morgan fingerprint density at radius 2 is 2.00 bits per heavy atom. The van der Waals surface area contributed by atoms with Crippen molar-refractivity contribution in [3.8, 4) is 5.75 Å². The number of hydrogen-bond donors (Lipinski definition) is 0. The number of carbonyl (C=O) groups excluding carboxylic acids is 1. The fourth-order valence-electron chi connectivity index (χ4n) is 2.81. The molecule has 104 valence electrons. The quantitative estimate of drug-likeness (QED) is 0.738. The van der Waals surface area contributed by atoms with Crippen LogP contribution < -0.4 is 4.74 Å². The van der Waals surface area contributed by atoms with Gasteiger partial charge in [0.15, 0.2) is 0 Å². The molecule has 0 saturated heterocycles. The second-order valence-corrected chi connectivity index (χ2v) is 5.22. The topological polar surface area (TPSA) is 35.5 Å². The van der Waals surface area contributed by atoms with Gasteiger partial charge in [-0.25, -0.2) is 0 Å². The summed E-state index contributed by atoms with van der Waals surface area (Å²) in [7, 11) is 1.66. The van der Waals surface area contributed by atoms with Crippen molar-refractivity contribution in [3.05, 3.63) is 29.8 Å². The van der Waals surface area contributed by atoms with Crippen LogP contribution in [-0.4, -0.2) is 19.5 Å². The predicted octanol–water partition coefficient (Wildman–Crippen LogP) is 3.22. The fourth-order valence-corrected chi connectivity index (χ4v) is 2.81. The van der Waals surface area contributed by atoms with Gasteiger partial charge >= 0.3 is 0 Å². The highest BCUT2D eigenvalue weighted by atomic mass is 16.5. The third-order valence-corrected chi connectivity index (χ3v) is 4.05. The number of carbonyl (C=O) groups is 1. The van der Waals surface area contributed by atoms with Crippen molar-refractivity contribution < 1.29 is 14.3 Å². The highest BCUT2D eigenvalue weighted by molar-refractivity contribution is 5.54. The highest BCUT2D eigenvalue weighted by Gasteiger charge is 2.33. The van der Waals surface area contributed by atoms with Crippen molar-refractivity contribution >= 4 is 6.29 Å². The van der Waals surface area contributed by atoms with Gasteiger partial charge in [0.05, 0.1) is 19.8 Å². The molecule has 0 radical (unpaired) electrons. The number of benzene rings is 1. The fraction of sp³-hybridized carbons (Fsp3) is 0.562. The van der Waals surface area contributed by atoms with Crippen LogP contribution in [0.2, 0.25) is 0 Å². The third-order valence-electron chi connectivity index (χ3n) is 4.05. The minimum Gasteiger partial charge on any atom is -0.497 e. The van der Waals surface area contributed by atoms with Gasteiger partial charge in [0.1, 0.15) is 12.0 Å². The summed E-state index contributed by atoms with van der Waals surface area (Å²) in [5.41, 5.74) is 1.14. The van der Waals surface area contributed by atoms with E-state index in [0.29, 0.717) is 12.5 Å². The Morgan fingerprint density at radius 3 is 2.53 bits per heavy atom. The zero-order chi connectivity index (χ0) is 13.7. The van der Waals surface area contributed by atoms with Crippen LogP contribution in [0.3, 0.4) is 0 Å². The summed E-state index contributed by atoms with van der Waals surface area (Å²) >= 11 is 0. The van der Waals surface area contributed by atoms with E-state index < -0.39 is 0 Å². The van der Waals surface area contributed by atoms with Crippen molar-refractivity contribution in [2.45, 2.75) is 38.9 Å². The first-order valence-corrected chi connectivity index (χ1v) is 6.96. The summed E-state index contributed by atoms with van der Waals surface area (Å²) in [6.45, 7) is 2.75. The van der Waals surface area contributed by atoms with Gasteiger partial charge in [-0.1, -0.05) is 25.5 Å². The first kappa shape index (κ1) is 14.1. The van der Waals surface area contributed by atoms with Crippen LogP contribution in [-0.2, 0) is 16.1 Å². The van der Waals surface area contributed by atoms with Crippen LogP contribution in [0.1, 0.15) is 31.7 Å². The van der Waals surface area contributed by atoms with Crippen LogP contribution in [0.15, 0.2) is 24.3 Å². The Morgan fingerprint density at radius 1 is 1.26 bits per heavy atom. The van der Waals surface area contributed by atoms with Crippen LogP contribution in [0.25, 0.3) is 0 Å². The van der Waals surface area contributed by atoms with Gasteiger partial charge in [-0.3, -0.25) is 0 Å². The van der Waals surface area contributed by atoms with Gasteiger partial charge in [0.25, 0.3) is 0 Å². The van der Waals surface area contributed by atoms with Crippen LogP contribution in [0, 0.1) is 11.8 Å². The molecule has 3 nitrogen and oxygen atoms in total. The molecule has 0 heterocycles. The Kier molecular flexibility index (Phi) is 4.97. The van der Waals surface area contributed by atoms with E-state index in [2.05, 4.69) is 6.92 Å². The van der Waals surface area contributed by atoms with E-state index in [1.165, 1.54) is 0 Å². The molecule has 0 amide bonds. The lowest BCUT2D eigenvalue weighted by Crippen LogP contribution is -2.08. The highest BCUT2D eigenvalue weighted by Crippen LogP contribution is 2.35. The summed E-state index contributed by atoms with van der Waals surface area (Å²) in [6.07, 6.45) is 4.27. The van der Waals surface area contributed by atoms with E-state index >= 15 is 0 Å². The van der Waals surface area contributed by atoms with E-state index in [9.17, 15) is 4.79 Å². The molecule has 1 aliphatic carbocycles. The van der Waals surface area contributed by atoms with E-state index in [1.807, 2.05) is 24.3 Å². The lowest BCUT2D eigenvalue weighted by Gasteiger charge is -2.12. The van der Waals surface area contributed by atoms with Gasteiger partial charge in [-0.05, 0) is 36.5 Å². The zero-order valence-electron chi connectivity index (χ0n) is 11.7. The monoisotopic (exact) mass is 262 g/mol. The maximum Gasteiger partial charge on any atom is 0.123 e. The zero-order valence-corrected chi connectivity index (χ0v) is 11.7. The summed E-state index contributed by atoms with van der Waals surface area (Å²) in [5.74, 6) is 1.54. The average molecular weight is 262 g/mol. The molecule has 1 aliphatic rings. The minimum absolute atomic E-state index is 0.186. The molecule has 19 heavy (non-hydrogen) atoms. The minimum atomic E-state index is 0.186. The molecule has 0 bridgehead atoms. The second-order valence-electron chi connectivity index (χ2n) is 5.22. The van der Waals surface area contributed by atoms with Crippen molar-refractivity contribution in [2.24, 2.45) is 11.8 Å². The van der Waals surface area contributed by atoms with Gasteiger partial charge < -0.3 is 14.3 Å². The molecular weight excluding hydrogens is 240 g/mol. The molecule has 1 aromatic carbocycles. The normalized spacial score (nSPS) is 26.3. The van der Waals surface area contributed by atoms with Crippen molar-refractivity contribution in [1.82, 2.24) is 0 Å². The summed E-state index contributed by atoms with van der Waals surface area (Å²) < 4.78 is 11.1. The van der Waals surface area contributed by atoms with Crippen molar-refractivity contribution in [1.29, 1.82) is 0 Å².